The summed E-state index contributed by atoms with van der Waals surface area (Å²) < 4.78 is 6.54. The van der Waals surface area contributed by atoms with Crippen LogP contribution in [0.3, 0.4) is 0 Å². The molecule has 0 saturated carbocycles. The zero-order chi connectivity index (χ0) is 24.7. The lowest BCUT2D eigenvalue weighted by Crippen LogP contribution is -2.10. The van der Waals surface area contributed by atoms with Crippen LogP contribution in [0.4, 0.5) is 11.4 Å². The van der Waals surface area contributed by atoms with Crippen molar-refractivity contribution in [2.45, 2.75) is 26.2 Å². The van der Waals surface area contributed by atoms with E-state index >= 15 is 0 Å². The number of pyridine rings is 1. The molecule has 0 aliphatic carbocycles. The van der Waals surface area contributed by atoms with Crippen molar-refractivity contribution in [3.05, 3.63) is 115 Å². The number of nitrogens with zero attached hydrogens (tertiary/aromatic N) is 1. The second-order valence-corrected chi connectivity index (χ2v) is 10.2. The van der Waals surface area contributed by atoms with E-state index in [1.54, 1.807) is 0 Å². The van der Waals surface area contributed by atoms with Gasteiger partial charge in [0.1, 0.15) is 5.58 Å². The molecule has 0 radical (unpaired) electrons. The van der Waals surface area contributed by atoms with Gasteiger partial charge >= 0.3 is 0 Å². The molecule has 4 aromatic carbocycles. The summed E-state index contributed by atoms with van der Waals surface area (Å²) in [6.07, 6.45) is 1.81. The van der Waals surface area contributed by atoms with Crippen molar-refractivity contribution < 1.29 is 4.42 Å². The normalized spacial score (nSPS) is 11.8. The topological polar surface area (TPSA) is 38.1 Å². The molecule has 0 saturated heterocycles. The summed E-state index contributed by atoms with van der Waals surface area (Å²) in [4.78, 5) is 4.55. The molecule has 0 amide bonds. The van der Waals surface area contributed by atoms with E-state index in [0.29, 0.717) is 0 Å². The van der Waals surface area contributed by atoms with Gasteiger partial charge in [-0.1, -0.05) is 93.6 Å². The maximum absolute atomic E-state index is 6.54. The van der Waals surface area contributed by atoms with Crippen molar-refractivity contribution in [3.63, 3.8) is 0 Å². The Bertz CT molecular complexity index is 1670. The first-order chi connectivity index (χ1) is 17.5. The lowest BCUT2D eigenvalue weighted by Gasteiger charge is -2.19. The lowest BCUT2D eigenvalue weighted by atomic mass is 9.86. The van der Waals surface area contributed by atoms with Crippen LogP contribution in [0, 0.1) is 0 Å². The molecule has 36 heavy (non-hydrogen) atoms. The summed E-state index contributed by atoms with van der Waals surface area (Å²) in [5.41, 5.74) is 9.36. The van der Waals surface area contributed by atoms with Crippen LogP contribution in [-0.2, 0) is 5.41 Å². The van der Waals surface area contributed by atoms with Gasteiger partial charge in [-0.05, 0) is 46.9 Å². The summed E-state index contributed by atoms with van der Waals surface area (Å²) in [7, 11) is 0. The second kappa shape index (κ2) is 8.69. The van der Waals surface area contributed by atoms with E-state index in [-0.39, 0.29) is 5.41 Å². The molecule has 3 nitrogen and oxygen atoms in total. The molecule has 2 heterocycles. The van der Waals surface area contributed by atoms with Gasteiger partial charge in [-0.15, -0.1) is 0 Å². The van der Waals surface area contributed by atoms with Gasteiger partial charge in [0.15, 0.2) is 5.58 Å². The fourth-order valence-electron chi connectivity index (χ4n) is 4.78. The number of rotatable bonds is 4. The second-order valence-electron chi connectivity index (χ2n) is 10.2. The predicted octanol–water partition coefficient (Wildman–Crippen LogP) is 9.36. The largest absolute Gasteiger partial charge is 0.453 e. The molecule has 3 heteroatoms. The Hall–Kier alpha value is -4.37. The third kappa shape index (κ3) is 3.93. The van der Waals surface area contributed by atoms with Gasteiger partial charge < -0.3 is 9.73 Å². The van der Waals surface area contributed by atoms with Crippen LogP contribution in [0.15, 0.2) is 114 Å². The summed E-state index contributed by atoms with van der Waals surface area (Å²) in [6.45, 7) is 6.72. The van der Waals surface area contributed by atoms with Crippen molar-refractivity contribution in [1.29, 1.82) is 0 Å². The first-order valence-corrected chi connectivity index (χ1v) is 12.3. The summed E-state index contributed by atoms with van der Waals surface area (Å²) in [5, 5.41) is 5.84. The average Bonchev–Trinajstić information content (AvgIpc) is 3.29. The predicted molar refractivity (Wildman–Crippen MR) is 151 cm³/mol. The van der Waals surface area contributed by atoms with Gasteiger partial charge in [0, 0.05) is 33.8 Å². The number of hydrogen-bond acceptors (Lipinski definition) is 3. The maximum Gasteiger partial charge on any atom is 0.158 e. The van der Waals surface area contributed by atoms with Crippen LogP contribution in [-0.4, -0.2) is 4.98 Å². The van der Waals surface area contributed by atoms with Crippen molar-refractivity contribution in [2.24, 2.45) is 0 Å². The summed E-state index contributed by atoms with van der Waals surface area (Å²) in [6, 6.07) is 35.8. The molecule has 6 aromatic rings. The number of aromatic nitrogens is 1. The standard InChI is InChI=1S/C33H28N2O/c1-33(2,3)23-19-17-22(18-20-23)24-10-4-5-15-29(24)35-30-16-9-12-26-25-11-8-13-27(31(25)36-32(26)30)28-14-6-7-21-34-28/h4-21,35H,1-3H3. The van der Waals surface area contributed by atoms with Crippen LogP contribution in [0.5, 0.6) is 0 Å². The zero-order valence-electron chi connectivity index (χ0n) is 20.7. The number of anilines is 2. The van der Waals surface area contributed by atoms with Gasteiger partial charge in [0.25, 0.3) is 0 Å². The fourth-order valence-corrected chi connectivity index (χ4v) is 4.78. The Kier molecular flexibility index (Phi) is 5.34. The first kappa shape index (κ1) is 22.1. The third-order valence-electron chi connectivity index (χ3n) is 6.72. The highest BCUT2D eigenvalue weighted by molar-refractivity contribution is 6.12. The molecule has 0 bridgehead atoms. The molecule has 0 unspecified atom stereocenters. The molecule has 1 N–H and O–H groups in total. The third-order valence-corrected chi connectivity index (χ3v) is 6.72. The average molecular weight is 469 g/mol. The van der Waals surface area contributed by atoms with E-state index < -0.39 is 0 Å². The Labute approximate surface area is 211 Å². The molecular formula is C33H28N2O. The molecule has 0 spiro atoms. The minimum absolute atomic E-state index is 0.126. The Morgan fingerprint density at radius 1 is 0.611 bits per heavy atom. The minimum atomic E-state index is 0.126. The van der Waals surface area contributed by atoms with Gasteiger partial charge in [-0.25, -0.2) is 0 Å². The van der Waals surface area contributed by atoms with E-state index in [1.165, 1.54) is 11.1 Å². The molecule has 0 aliphatic heterocycles. The van der Waals surface area contributed by atoms with Crippen LogP contribution < -0.4 is 5.32 Å². The number of benzene rings is 4. The first-order valence-electron chi connectivity index (χ1n) is 12.3. The van der Waals surface area contributed by atoms with E-state index in [0.717, 1.165) is 50.1 Å². The minimum Gasteiger partial charge on any atom is -0.453 e. The monoisotopic (exact) mass is 468 g/mol. The van der Waals surface area contributed by atoms with Crippen LogP contribution in [0.1, 0.15) is 26.3 Å². The van der Waals surface area contributed by atoms with E-state index in [9.17, 15) is 0 Å². The smallest absolute Gasteiger partial charge is 0.158 e. The van der Waals surface area contributed by atoms with Gasteiger partial charge in [0.05, 0.1) is 11.4 Å². The molecule has 6 rings (SSSR count). The molecule has 0 fully saturated rings. The number of fused-ring (bicyclic) bond motifs is 3. The quantitative estimate of drug-likeness (QED) is 0.280. The van der Waals surface area contributed by atoms with Gasteiger partial charge in [0.2, 0.25) is 0 Å². The molecular weight excluding hydrogens is 440 g/mol. The van der Waals surface area contributed by atoms with Crippen LogP contribution in [0.2, 0.25) is 0 Å². The van der Waals surface area contributed by atoms with E-state index in [4.69, 9.17) is 4.42 Å². The Morgan fingerprint density at radius 2 is 1.28 bits per heavy atom. The molecule has 0 atom stereocenters. The molecule has 0 aliphatic rings. The highest BCUT2D eigenvalue weighted by atomic mass is 16.3. The highest BCUT2D eigenvalue weighted by Gasteiger charge is 2.17. The lowest BCUT2D eigenvalue weighted by molar-refractivity contribution is 0.590. The van der Waals surface area contributed by atoms with Gasteiger partial charge in [-0.2, -0.15) is 0 Å². The zero-order valence-corrected chi connectivity index (χ0v) is 20.7. The maximum atomic E-state index is 6.54. The van der Waals surface area contributed by atoms with E-state index in [1.807, 2.05) is 24.4 Å². The summed E-state index contributed by atoms with van der Waals surface area (Å²) >= 11 is 0. The Morgan fingerprint density at radius 3 is 2.03 bits per heavy atom. The van der Waals surface area contributed by atoms with Crippen LogP contribution >= 0.6 is 0 Å². The van der Waals surface area contributed by atoms with Crippen LogP contribution in [0.25, 0.3) is 44.3 Å². The van der Waals surface area contributed by atoms with Crippen molar-refractivity contribution in [2.75, 3.05) is 5.32 Å². The highest BCUT2D eigenvalue weighted by Crippen LogP contribution is 2.40. The number of nitrogens with one attached hydrogen (secondary N) is 1. The SMILES string of the molecule is CC(C)(C)c1ccc(-c2ccccc2Nc2cccc3c2oc2c(-c4ccccn4)cccc23)cc1. The van der Waals surface area contributed by atoms with E-state index in [2.05, 4.69) is 116 Å². The number of para-hydroxylation sites is 3. The number of hydrogen-bond donors (Lipinski definition) is 1. The Balaban J connectivity index is 1.44. The van der Waals surface area contributed by atoms with Gasteiger partial charge in [-0.3, -0.25) is 4.98 Å². The van der Waals surface area contributed by atoms with Crippen molar-refractivity contribution in [3.8, 4) is 22.4 Å². The molecule has 176 valence electrons. The molecule has 2 aromatic heterocycles. The van der Waals surface area contributed by atoms with Crippen molar-refractivity contribution >= 4 is 33.3 Å². The summed E-state index contributed by atoms with van der Waals surface area (Å²) in [5.74, 6) is 0. The fraction of sp³-hybridized carbons (Fsp3) is 0.121. The van der Waals surface area contributed by atoms with Crippen molar-refractivity contribution in [1.82, 2.24) is 4.98 Å². The number of furan rings is 1.